The summed E-state index contributed by atoms with van der Waals surface area (Å²) in [7, 11) is 4.16. The van der Waals surface area contributed by atoms with Crippen molar-refractivity contribution in [1.29, 1.82) is 0 Å². The van der Waals surface area contributed by atoms with Crippen LogP contribution in [0.15, 0.2) is 12.3 Å². The monoisotopic (exact) mass is 227 g/mol. The summed E-state index contributed by atoms with van der Waals surface area (Å²) in [6, 6.07) is 1.43. The molecule has 0 radical (unpaired) electrons. The van der Waals surface area contributed by atoms with Crippen LogP contribution in [-0.4, -0.2) is 54.9 Å². The Kier molecular flexibility index (Phi) is 4.41. The molecule has 0 aliphatic carbocycles. The van der Waals surface area contributed by atoms with Gasteiger partial charge in [0.2, 0.25) is 5.78 Å². The zero-order chi connectivity index (χ0) is 12.0. The van der Waals surface area contributed by atoms with Gasteiger partial charge in [0.05, 0.1) is 6.20 Å². The molecule has 7 heteroatoms. The molecule has 0 aliphatic rings. The molecule has 7 nitrogen and oxygen atoms in total. The topological polar surface area (TPSA) is 83.4 Å². The number of nitrogens with zero attached hydrogens (tertiary/aromatic N) is 3. The van der Waals surface area contributed by atoms with Gasteiger partial charge in [0.15, 0.2) is 0 Å². The Morgan fingerprint density at radius 2 is 2.06 bits per heavy atom. The smallest absolute Gasteiger partial charge is 0.259 e. The first-order valence-electron chi connectivity index (χ1n) is 4.48. The van der Waals surface area contributed by atoms with Crippen molar-refractivity contribution in [3.63, 3.8) is 0 Å². The molecular weight excluding hydrogens is 214 g/mol. The van der Waals surface area contributed by atoms with E-state index in [0.717, 1.165) is 0 Å². The SMILES string of the molecule is COCC(OC)(OC)C(=O)c1ccnnn1. The summed E-state index contributed by atoms with van der Waals surface area (Å²) in [5.74, 6) is -1.96. The summed E-state index contributed by atoms with van der Waals surface area (Å²) < 4.78 is 15.0. The summed E-state index contributed by atoms with van der Waals surface area (Å²) in [6.07, 6.45) is 1.36. The van der Waals surface area contributed by atoms with Gasteiger partial charge in [0.1, 0.15) is 12.3 Å². The van der Waals surface area contributed by atoms with Gasteiger partial charge in [-0.3, -0.25) is 4.79 Å². The van der Waals surface area contributed by atoms with Crippen molar-refractivity contribution in [1.82, 2.24) is 15.4 Å². The molecule has 88 valence electrons. The largest absolute Gasteiger partial charge is 0.379 e. The first kappa shape index (κ1) is 12.6. The predicted molar refractivity (Wildman–Crippen MR) is 52.8 cm³/mol. The second-order valence-corrected chi connectivity index (χ2v) is 2.93. The number of carbonyl (C=O) groups is 1. The third-order valence-corrected chi connectivity index (χ3v) is 2.08. The lowest BCUT2D eigenvalue weighted by Crippen LogP contribution is -2.47. The first-order chi connectivity index (χ1) is 7.70. The molecule has 1 aromatic heterocycles. The van der Waals surface area contributed by atoms with Gasteiger partial charge < -0.3 is 14.2 Å². The molecule has 1 rings (SSSR count). The Bertz CT molecular complexity index is 340. The van der Waals surface area contributed by atoms with Gasteiger partial charge in [0.25, 0.3) is 5.79 Å². The minimum atomic E-state index is -1.50. The van der Waals surface area contributed by atoms with E-state index in [2.05, 4.69) is 15.4 Å². The van der Waals surface area contributed by atoms with E-state index >= 15 is 0 Å². The van der Waals surface area contributed by atoms with Crippen LogP contribution in [-0.2, 0) is 14.2 Å². The van der Waals surface area contributed by atoms with Gasteiger partial charge >= 0.3 is 0 Å². The molecular formula is C9H13N3O4. The highest BCUT2D eigenvalue weighted by atomic mass is 16.7. The Balaban J connectivity index is 3.00. The molecule has 0 saturated heterocycles. The van der Waals surface area contributed by atoms with Crippen molar-refractivity contribution < 1.29 is 19.0 Å². The summed E-state index contributed by atoms with van der Waals surface area (Å²) in [5, 5.41) is 10.5. The minimum absolute atomic E-state index is 0.0389. The summed E-state index contributed by atoms with van der Waals surface area (Å²) >= 11 is 0. The maximum Gasteiger partial charge on any atom is 0.259 e. The molecule has 0 N–H and O–H groups in total. The van der Waals surface area contributed by atoms with E-state index in [0.29, 0.717) is 0 Å². The maximum absolute atomic E-state index is 12.1. The molecule has 0 fully saturated rings. The van der Waals surface area contributed by atoms with Crippen LogP contribution in [0.25, 0.3) is 0 Å². The van der Waals surface area contributed by atoms with Crippen molar-refractivity contribution in [3.05, 3.63) is 18.0 Å². The van der Waals surface area contributed by atoms with Crippen molar-refractivity contribution in [2.45, 2.75) is 5.79 Å². The number of hydrogen-bond acceptors (Lipinski definition) is 7. The lowest BCUT2D eigenvalue weighted by molar-refractivity contribution is -0.194. The average Bonchev–Trinajstić information content (AvgIpc) is 2.36. The van der Waals surface area contributed by atoms with Gasteiger partial charge in [-0.2, -0.15) is 0 Å². The van der Waals surface area contributed by atoms with Crippen LogP contribution in [0, 0.1) is 0 Å². The summed E-state index contributed by atoms with van der Waals surface area (Å²) in [5.41, 5.74) is 0.107. The van der Waals surface area contributed by atoms with E-state index in [1.54, 1.807) is 0 Å². The van der Waals surface area contributed by atoms with Crippen LogP contribution in [0.5, 0.6) is 0 Å². The van der Waals surface area contributed by atoms with E-state index in [4.69, 9.17) is 14.2 Å². The number of ether oxygens (including phenoxy) is 3. The van der Waals surface area contributed by atoms with Gasteiger partial charge in [-0.25, -0.2) is 0 Å². The number of methoxy groups -OCH3 is 3. The Labute approximate surface area is 92.7 Å². The summed E-state index contributed by atoms with van der Waals surface area (Å²) in [4.78, 5) is 12.1. The third-order valence-electron chi connectivity index (χ3n) is 2.08. The maximum atomic E-state index is 12.1. The fourth-order valence-electron chi connectivity index (χ4n) is 1.20. The Morgan fingerprint density at radius 3 is 2.50 bits per heavy atom. The minimum Gasteiger partial charge on any atom is -0.379 e. The van der Waals surface area contributed by atoms with E-state index < -0.39 is 11.6 Å². The number of aromatic nitrogens is 3. The molecule has 0 atom stereocenters. The van der Waals surface area contributed by atoms with E-state index in [1.807, 2.05) is 0 Å². The lowest BCUT2D eigenvalue weighted by atomic mass is 10.1. The number of rotatable bonds is 6. The van der Waals surface area contributed by atoms with Crippen LogP contribution in [0.3, 0.4) is 0 Å². The molecule has 0 spiro atoms. The standard InChI is InChI=1S/C9H13N3O4/c1-14-6-9(15-2,16-3)8(13)7-4-5-10-12-11-7/h4-5H,6H2,1-3H3. The zero-order valence-electron chi connectivity index (χ0n) is 9.34. The molecule has 0 saturated carbocycles. The highest BCUT2D eigenvalue weighted by Crippen LogP contribution is 2.17. The number of carbonyl (C=O) groups excluding carboxylic acids is 1. The number of hydrogen-bond donors (Lipinski definition) is 0. The van der Waals surface area contributed by atoms with Crippen LogP contribution < -0.4 is 0 Å². The lowest BCUT2D eigenvalue weighted by Gasteiger charge is -2.27. The molecule has 0 aromatic carbocycles. The first-order valence-corrected chi connectivity index (χ1v) is 4.48. The fourth-order valence-corrected chi connectivity index (χ4v) is 1.20. The Hall–Kier alpha value is -1.44. The molecule has 0 amide bonds. The van der Waals surface area contributed by atoms with Crippen molar-refractivity contribution in [2.24, 2.45) is 0 Å². The number of ketones is 1. The molecule has 16 heavy (non-hydrogen) atoms. The van der Waals surface area contributed by atoms with Crippen molar-refractivity contribution in [3.8, 4) is 0 Å². The average molecular weight is 227 g/mol. The van der Waals surface area contributed by atoms with E-state index in [1.165, 1.54) is 33.6 Å². The highest BCUT2D eigenvalue weighted by molar-refractivity contribution is 5.99. The van der Waals surface area contributed by atoms with Gasteiger partial charge in [-0.1, -0.05) is 0 Å². The molecule has 0 bridgehead atoms. The number of Topliss-reactive ketones (excluding diaryl/α,β-unsaturated/α-hetero) is 1. The molecule has 1 aromatic rings. The fraction of sp³-hybridized carbons (Fsp3) is 0.556. The molecule has 0 unspecified atom stereocenters. The van der Waals surface area contributed by atoms with E-state index in [-0.39, 0.29) is 12.3 Å². The normalized spacial score (nSPS) is 11.4. The van der Waals surface area contributed by atoms with Crippen molar-refractivity contribution >= 4 is 5.78 Å². The van der Waals surface area contributed by atoms with Crippen molar-refractivity contribution in [2.75, 3.05) is 27.9 Å². The quantitative estimate of drug-likeness (QED) is 0.487. The van der Waals surface area contributed by atoms with Crippen LogP contribution in [0.4, 0.5) is 0 Å². The second kappa shape index (κ2) is 5.59. The highest BCUT2D eigenvalue weighted by Gasteiger charge is 2.40. The predicted octanol–water partition coefficient (Wildman–Crippen LogP) is -0.310. The van der Waals surface area contributed by atoms with Gasteiger partial charge in [0, 0.05) is 21.3 Å². The van der Waals surface area contributed by atoms with E-state index in [9.17, 15) is 4.79 Å². The van der Waals surface area contributed by atoms with Crippen LogP contribution >= 0.6 is 0 Å². The zero-order valence-corrected chi connectivity index (χ0v) is 9.34. The Morgan fingerprint density at radius 1 is 1.38 bits per heavy atom. The van der Waals surface area contributed by atoms with Crippen LogP contribution in [0.2, 0.25) is 0 Å². The van der Waals surface area contributed by atoms with Gasteiger partial charge in [-0.05, 0) is 11.3 Å². The molecule has 1 heterocycles. The summed E-state index contributed by atoms with van der Waals surface area (Å²) in [6.45, 7) is -0.0389. The van der Waals surface area contributed by atoms with Gasteiger partial charge in [-0.15, -0.1) is 10.2 Å². The van der Waals surface area contributed by atoms with Crippen LogP contribution in [0.1, 0.15) is 10.5 Å². The molecule has 0 aliphatic heterocycles. The second-order valence-electron chi connectivity index (χ2n) is 2.93. The third kappa shape index (κ3) is 2.38.